The Morgan fingerprint density at radius 2 is 1.44 bits per heavy atom. The maximum Gasteiger partial charge on any atom is 0.0941 e. The summed E-state index contributed by atoms with van der Waals surface area (Å²) < 4.78 is 1.15. The van der Waals surface area contributed by atoms with E-state index in [0.29, 0.717) is 10.8 Å². The molecule has 4 aliphatic carbocycles. The van der Waals surface area contributed by atoms with Gasteiger partial charge in [0.1, 0.15) is 0 Å². The fourth-order valence-electron chi connectivity index (χ4n) is 8.48. The number of halogens is 1. The van der Waals surface area contributed by atoms with Gasteiger partial charge in [-0.1, -0.05) is 13.8 Å². The Labute approximate surface area is 172 Å². The van der Waals surface area contributed by atoms with Crippen molar-refractivity contribution in [3.8, 4) is 0 Å². The van der Waals surface area contributed by atoms with E-state index in [1.807, 2.05) is 0 Å². The highest BCUT2D eigenvalue weighted by atomic mass is 127. The summed E-state index contributed by atoms with van der Waals surface area (Å²) in [4.78, 5) is 0. The van der Waals surface area contributed by atoms with Crippen LogP contribution in [0.1, 0.15) is 71.6 Å². The number of nitrogens with zero attached hydrogens (tertiary/aromatic N) is 1. The Balaban J connectivity index is 0.00000182. The lowest BCUT2D eigenvalue weighted by atomic mass is 9.45. The Morgan fingerprint density at radius 1 is 0.800 bits per heavy atom. The topological polar surface area (TPSA) is 20.2 Å². The van der Waals surface area contributed by atoms with Crippen molar-refractivity contribution < 1.29 is 33.6 Å². The van der Waals surface area contributed by atoms with Crippen molar-refractivity contribution in [2.45, 2.75) is 83.8 Å². The number of rotatable bonds is 1. The lowest BCUT2D eigenvalue weighted by Crippen LogP contribution is -3.00. The van der Waals surface area contributed by atoms with Crippen LogP contribution in [0.4, 0.5) is 0 Å². The van der Waals surface area contributed by atoms with Gasteiger partial charge in [-0.2, -0.15) is 0 Å². The molecule has 1 N–H and O–H groups in total. The monoisotopic (exact) mass is 461 g/mol. The van der Waals surface area contributed by atoms with Crippen LogP contribution < -0.4 is 24.0 Å². The lowest BCUT2D eigenvalue weighted by Gasteiger charge is -2.61. The smallest absolute Gasteiger partial charge is 0.0941 e. The Hall–Kier alpha value is 0.650. The zero-order chi connectivity index (χ0) is 17.3. The van der Waals surface area contributed by atoms with E-state index in [9.17, 15) is 5.11 Å². The zero-order valence-corrected chi connectivity index (χ0v) is 19.3. The standard InChI is InChI=1S/C22H40NO.HI/c1-21-12-10-16(24)14-15(21)6-7-17-18-8-9-20(23(3,4)5)22(18,2)13-11-19(17)21;/h15-20,24H,6-14H2,1-5H3;1H/q+1;/p-1/t15-,16-,17-,18-,19-,20-,21-,22-;/m0./s1. The first-order chi connectivity index (χ1) is 11.2. The summed E-state index contributed by atoms with van der Waals surface area (Å²) in [5.41, 5.74) is 1.09. The van der Waals surface area contributed by atoms with Gasteiger partial charge < -0.3 is 33.6 Å². The highest BCUT2D eigenvalue weighted by Crippen LogP contribution is 2.66. The number of quaternary nitrogens is 1. The molecule has 25 heavy (non-hydrogen) atoms. The van der Waals surface area contributed by atoms with Gasteiger partial charge in [-0.3, -0.25) is 0 Å². The second-order valence-corrected chi connectivity index (χ2v) is 11.3. The maximum atomic E-state index is 10.2. The molecule has 4 saturated carbocycles. The number of fused-ring (bicyclic) bond motifs is 5. The SMILES string of the molecule is C[C@]12CC[C@H](O)C[C@@H]1CC[C@@H]1[C@@H]2CC[C@@]2(C)[C@H]1CC[C@@H]2[N+](C)(C)C.[I-]. The largest absolute Gasteiger partial charge is 1.00 e. The van der Waals surface area contributed by atoms with Crippen LogP contribution >= 0.6 is 0 Å². The van der Waals surface area contributed by atoms with Gasteiger partial charge in [0.2, 0.25) is 0 Å². The number of aliphatic hydroxyl groups excluding tert-OH is 1. The Morgan fingerprint density at radius 3 is 2.12 bits per heavy atom. The molecule has 0 aromatic heterocycles. The summed E-state index contributed by atoms with van der Waals surface area (Å²) in [7, 11) is 7.27. The van der Waals surface area contributed by atoms with Crippen LogP contribution in [0.5, 0.6) is 0 Å². The van der Waals surface area contributed by atoms with E-state index in [2.05, 4.69) is 35.0 Å². The second-order valence-electron chi connectivity index (χ2n) is 11.3. The minimum atomic E-state index is -0.0115. The molecule has 8 atom stereocenters. The summed E-state index contributed by atoms with van der Waals surface area (Å²) in [6.45, 7) is 5.25. The van der Waals surface area contributed by atoms with Crippen LogP contribution in [0.2, 0.25) is 0 Å². The van der Waals surface area contributed by atoms with Crippen molar-refractivity contribution in [3.05, 3.63) is 0 Å². The molecule has 0 saturated heterocycles. The van der Waals surface area contributed by atoms with Gasteiger partial charge in [-0.25, -0.2) is 0 Å². The van der Waals surface area contributed by atoms with Crippen molar-refractivity contribution in [2.75, 3.05) is 21.1 Å². The molecular weight excluding hydrogens is 421 g/mol. The fraction of sp³-hybridized carbons (Fsp3) is 1.00. The van der Waals surface area contributed by atoms with Gasteiger partial charge >= 0.3 is 0 Å². The molecule has 0 aromatic carbocycles. The van der Waals surface area contributed by atoms with Crippen molar-refractivity contribution in [3.63, 3.8) is 0 Å². The molecule has 0 radical (unpaired) electrons. The molecule has 4 aliphatic rings. The summed E-state index contributed by atoms with van der Waals surface area (Å²) >= 11 is 0. The average Bonchev–Trinajstić information content (AvgIpc) is 2.85. The summed E-state index contributed by atoms with van der Waals surface area (Å²) in [6.07, 6.45) is 12.1. The van der Waals surface area contributed by atoms with Crippen molar-refractivity contribution >= 4 is 0 Å². The van der Waals surface area contributed by atoms with E-state index in [1.54, 1.807) is 0 Å². The molecule has 3 heteroatoms. The minimum Gasteiger partial charge on any atom is -1.00 e. The molecule has 0 aromatic rings. The van der Waals surface area contributed by atoms with E-state index in [4.69, 9.17) is 0 Å². The van der Waals surface area contributed by atoms with E-state index in [0.717, 1.165) is 47.0 Å². The van der Waals surface area contributed by atoms with Crippen molar-refractivity contribution in [2.24, 2.45) is 34.5 Å². The van der Waals surface area contributed by atoms with Gasteiger partial charge in [0.15, 0.2) is 0 Å². The maximum absolute atomic E-state index is 10.2. The third-order valence-corrected chi connectivity index (χ3v) is 9.52. The van der Waals surface area contributed by atoms with Crippen molar-refractivity contribution in [1.82, 2.24) is 0 Å². The van der Waals surface area contributed by atoms with Gasteiger partial charge in [0, 0.05) is 11.8 Å². The highest BCUT2D eigenvalue weighted by molar-refractivity contribution is 5.09. The predicted octanol–water partition coefficient (Wildman–Crippen LogP) is 1.47. The predicted molar refractivity (Wildman–Crippen MR) is 99.6 cm³/mol. The summed E-state index contributed by atoms with van der Waals surface area (Å²) in [5.74, 6) is 3.66. The Bertz CT molecular complexity index is 503. The molecule has 0 aliphatic heterocycles. The molecule has 4 rings (SSSR count). The summed E-state index contributed by atoms with van der Waals surface area (Å²) in [6, 6.07) is 0.849. The first-order valence-electron chi connectivity index (χ1n) is 10.7. The fourth-order valence-corrected chi connectivity index (χ4v) is 8.48. The molecule has 4 fully saturated rings. The van der Waals surface area contributed by atoms with Gasteiger partial charge in [0.05, 0.1) is 33.3 Å². The highest BCUT2D eigenvalue weighted by Gasteiger charge is 2.62. The third-order valence-electron chi connectivity index (χ3n) is 9.52. The third kappa shape index (κ3) is 3.03. The van der Waals surface area contributed by atoms with Crippen LogP contribution in [0.15, 0.2) is 0 Å². The lowest BCUT2D eigenvalue weighted by molar-refractivity contribution is -0.903. The molecule has 146 valence electrons. The molecule has 0 amide bonds. The van der Waals surface area contributed by atoms with E-state index >= 15 is 0 Å². The first kappa shape index (κ1) is 20.4. The molecule has 2 nitrogen and oxygen atoms in total. The first-order valence-corrected chi connectivity index (χ1v) is 10.7. The van der Waals surface area contributed by atoms with E-state index < -0.39 is 0 Å². The van der Waals surface area contributed by atoms with Crippen molar-refractivity contribution in [1.29, 1.82) is 0 Å². The summed E-state index contributed by atoms with van der Waals surface area (Å²) in [5, 5.41) is 10.2. The molecule has 0 unspecified atom stereocenters. The molecule has 0 bridgehead atoms. The quantitative estimate of drug-likeness (QED) is 0.463. The Kier molecular flexibility index (Phi) is 5.39. The average molecular weight is 461 g/mol. The van der Waals surface area contributed by atoms with Gasteiger partial charge in [-0.05, 0) is 80.5 Å². The number of hydrogen-bond acceptors (Lipinski definition) is 1. The van der Waals surface area contributed by atoms with Crippen LogP contribution in [-0.2, 0) is 0 Å². The van der Waals surface area contributed by atoms with Crippen LogP contribution in [0.3, 0.4) is 0 Å². The van der Waals surface area contributed by atoms with E-state index in [1.165, 1.54) is 44.9 Å². The van der Waals surface area contributed by atoms with Crippen LogP contribution in [0.25, 0.3) is 0 Å². The molecular formula is C22H40INO. The molecule has 0 heterocycles. The molecule has 0 spiro atoms. The normalized spacial score (nSPS) is 52.6. The second kappa shape index (κ2) is 6.62. The minimum absolute atomic E-state index is 0. The van der Waals surface area contributed by atoms with Crippen LogP contribution in [0, 0.1) is 34.5 Å². The van der Waals surface area contributed by atoms with Gasteiger partial charge in [-0.15, -0.1) is 0 Å². The zero-order valence-electron chi connectivity index (χ0n) is 17.1. The van der Waals surface area contributed by atoms with Gasteiger partial charge in [0.25, 0.3) is 0 Å². The van der Waals surface area contributed by atoms with Crippen LogP contribution in [-0.4, -0.2) is 42.9 Å². The number of aliphatic hydroxyl groups is 1. The van der Waals surface area contributed by atoms with E-state index in [-0.39, 0.29) is 30.1 Å². The number of hydrogen-bond donors (Lipinski definition) is 1.